The van der Waals surface area contributed by atoms with Crippen LogP contribution < -0.4 is 5.32 Å². The molecule has 0 amide bonds. The topological polar surface area (TPSA) is 15.3 Å². The Morgan fingerprint density at radius 3 is 2.50 bits per heavy atom. The van der Waals surface area contributed by atoms with Gasteiger partial charge < -0.3 is 5.32 Å². The standard InChI is InChI=1S/C15H19Cl2F3N2/c16-13-3-1-2-11(14(13)17)10-22(9-6-15(18,19)20)12-4-7-21-8-5-12/h1-3,12,21H,4-10H2. The number of hydrogen-bond acceptors (Lipinski definition) is 2. The van der Waals surface area contributed by atoms with Crippen molar-refractivity contribution in [1.29, 1.82) is 0 Å². The maximum absolute atomic E-state index is 12.6. The maximum Gasteiger partial charge on any atom is 0.390 e. The Hall–Kier alpha value is -0.490. The first kappa shape index (κ1) is 17.9. The summed E-state index contributed by atoms with van der Waals surface area (Å²) in [6, 6.07) is 5.40. The van der Waals surface area contributed by atoms with Gasteiger partial charge in [-0.05, 0) is 37.6 Å². The van der Waals surface area contributed by atoms with Crippen LogP contribution in [0.15, 0.2) is 18.2 Å². The van der Waals surface area contributed by atoms with Crippen LogP contribution in [0.5, 0.6) is 0 Å². The van der Waals surface area contributed by atoms with E-state index in [2.05, 4.69) is 5.32 Å². The van der Waals surface area contributed by atoms with Crippen molar-refractivity contribution in [3.63, 3.8) is 0 Å². The van der Waals surface area contributed by atoms with Crippen LogP contribution in [0, 0.1) is 0 Å². The van der Waals surface area contributed by atoms with Gasteiger partial charge in [0.05, 0.1) is 16.5 Å². The highest BCUT2D eigenvalue weighted by Crippen LogP contribution is 2.29. The van der Waals surface area contributed by atoms with Crippen molar-refractivity contribution < 1.29 is 13.2 Å². The van der Waals surface area contributed by atoms with E-state index in [1.165, 1.54) is 0 Å². The van der Waals surface area contributed by atoms with Gasteiger partial charge in [-0.2, -0.15) is 13.2 Å². The first-order valence-corrected chi connectivity index (χ1v) is 8.07. The van der Waals surface area contributed by atoms with Gasteiger partial charge in [-0.1, -0.05) is 35.3 Å². The Morgan fingerprint density at radius 2 is 1.86 bits per heavy atom. The number of hydrogen-bond donors (Lipinski definition) is 1. The molecule has 1 heterocycles. The molecule has 124 valence electrons. The Labute approximate surface area is 138 Å². The molecule has 0 radical (unpaired) electrons. The fourth-order valence-corrected chi connectivity index (χ4v) is 3.10. The molecule has 7 heteroatoms. The van der Waals surface area contributed by atoms with E-state index in [1.54, 1.807) is 12.1 Å². The Bertz CT molecular complexity index is 488. The fraction of sp³-hybridized carbons (Fsp3) is 0.600. The summed E-state index contributed by atoms with van der Waals surface area (Å²) in [5.41, 5.74) is 0.773. The molecule has 0 saturated carbocycles. The summed E-state index contributed by atoms with van der Waals surface area (Å²) < 4.78 is 37.7. The number of nitrogens with zero attached hydrogens (tertiary/aromatic N) is 1. The lowest BCUT2D eigenvalue weighted by Crippen LogP contribution is -2.44. The smallest absolute Gasteiger partial charge is 0.317 e. The van der Waals surface area contributed by atoms with Crippen molar-refractivity contribution in [3.8, 4) is 0 Å². The molecular weight excluding hydrogens is 336 g/mol. The van der Waals surface area contributed by atoms with E-state index in [9.17, 15) is 13.2 Å². The van der Waals surface area contributed by atoms with Crippen LogP contribution in [0.1, 0.15) is 24.8 Å². The lowest BCUT2D eigenvalue weighted by molar-refractivity contribution is -0.139. The van der Waals surface area contributed by atoms with Gasteiger partial charge in [-0.15, -0.1) is 0 Å². The molecule has 1 aliphatic heterocycles. The molecule has 1 aliphatic rings. The predicted molar refractivity (Wildman–Crippen MR) is 83.4 cm³/mol. The number of halogens is 5. The third-order valence-electron chi connectivity index (χ3n) is 3.91. The molecule has 0 aliphatic carbocycles. The van der Waals surface area contributed by atoms with Crippen molar-refractivity contribution in [2.75, 3.05) is 19.6 Å². The second kappa shape index (κ2) is 7.86. The molecule has 2 rings (SSSR count). The summed E-state index contributed by atoms with van der Waals surface area (Å²) >= 11 is 12.2. The highest BCUT2D eigenvalue weighted by atomic mass is 35.5. The third-order valence-corrected chi connectivity index (χ3v) is 4.77. The third kappa shape index (κ3) is 5.30. The average Bonchev–Trinajstić information content (AvgIpc) is 2.47. The number of piperidine rings is 1. The number of rotatable bonds is 5. The number of nitrogens with one attached hydrogen (secondary N) is 1. The van der Waals surface area contributed by atoms with Gasteiger partial charge in [0.2, 0.25) is 0 Å². The minimum Gasteiger partial charge on any atom is -0.317 e. The van der Waals surface area contributed by atoms with Gasteiger partial charge in [0.25, 0.3) is 0 Å². The van der Waals surface area contributed by atoms with Gasteiger partial charge >= 0.3 is 6.18 Å². The summed E-state index contributed by atoms with van der Waals surface area (Å²) in [6.45, 7) is 2.03. The lowest BCUT2D eigenvalue weighted by atomic mass is 10.0. The van der Waals surface area contributed by atoms with Crippen LogP contribution in [0.25, 0.3) is 0 Å². The summed E-state index contributed by atoms with van der Waals surface area (Å²) in [4.78, 5) is 1.88. The molecule has 0 bridgehead atoms. The zero-order valence-electron chi connectivity index (χ0n) is 12.1. The van der Waals surface area contributed by atoms with Gasteiger partial charge in [-0.25, -0.2) is 0 Å². The van der Waals surface area contributed by atoms with Crippen molar-refractivity contribution in [2.45, 2.75) is 38.0 Å². The molecule has 0 atom stereocenters. The van der Waals surface area contributed by atoms with E-state index >= 15 is 0 Å². The van der Waals surface area contributed by atoms with Crippen LogP contribution in [0.4, 0.5) is 13.2 Å². The van der Waals surface area contributed by atoms with E-state index in [1.807, 2.05) is 11.0 Å². The lowest BCUT2D eigenvalue weighted by Gasteiger charge is -2.35. The minimum absolute atomic E-state index is 0.0169. The molecule has 1 aromatic carbocycles. The molecule has 0 aromatic heterocycles. The highest BCUT2D eigenvalue weighted by Gasteiger charge is 2.30. The molecule has 2 nitrogen and oxygen atoms in total. The average molecular weight is 355 g/mol. The van der Waals surface area contributed by atoms with Crippen molar-refractivity contribution in [2.24, 2.45) is 0 Å². The predicted octanol–water partition coefficient (Wildman–Crippen LogP) is 4.50. The van der Waals surface area contributed by atoms with Crippen molar-refractivity contribution in [1.82, 2.24) is 10.2 Å². The largest absolute Gasteiger partial charge is 0.390 e. The molecule has 0 spiro atoms. The molecule has 1 N–H and O–H groups in total. The fourth-order valence-electron chi connectivity index (χ4n) is 2.72. The Kier molecular flexibility index (Phi) is 6.38. The van der Waals surface area contributed by atoms with Gasteiger partial charge in [0, 0.05) is 19.1 Å². The highest BCUT2D eigenvalue weighted by molar-refractivity contribution is 6.42. The molecular formula is C15H19Cl2F3N2. The monoisotopic (exact) mass is 354 g/mol. The van der Waals surface area contributed by atoms with Crippen LogP contribution in [-0.4, -0.2) is 36.8 Å². The Morgan fingerprint density at radius 1 is 1.18 bits per heavy atom. The molecule has 1 saturated heterocycles. The molecule has 1 fully saturated rings. The first-order valence-electron chi connectivity index (χ1n) is 7.31. The normalized spacial score (nSPS) is 17.2. The SMILES string of the molecule is FC(F)(F)CCN(Cc1cccc(Cl)c1Cl)C1CCNCC1. The van der Waals surface area contributed by atoms with Gasteiger partial charge in [0.1, 0.15) is 0 Å². The van der Waals surface area contributed by atoms with Crippen molar-refractivity contribution in [3.05, 3.63) is 33.8 Å². The maximum atomic E-state index is 12.6. The van der Waals surface area contributed by atoms with E-state index in [0.717, 1.165) is 31.5 Å². The van der Waals surface area contributed by atoms with Crippen LogP contribution in [-0.2, 0) is 6.54 Å². The van der Waals surface area contributed by atoms with E-state index in [-0.39, 0.29) is 12.6 Å². The van der Waals surface area contributed by atoms with Crippen molar-refractivity contribution >= 4 is 23.2 Å². The summed E-state index contributed by atoms with van der Waals surface area (Å²) in [5, 5.41) is 4.09. The second-order valence-corrected chi connectivity index (χ2v) is 6.31. The summed E-state index contributed by atoms with van der Waals surface area (Å²) in [7, 11) is 0. The van der Waals surface area contributed by atoms with E-state index in [0.29, 0.717) is 16.6 Å². The van der Waals surface area contributed by atoms with Gasteiger partial charge in [0.15, 0.2) is 0 Å². The quantitative estimate of drug-likeness (QED) is 0.837. The van der Waals surface area contributed by atoms with Crippen LogP contribution in [0.2, 0.25) is 10.0 Å². The van der Waals surface area contributed by atoms with E-state index in [4.69, 9.17) is 23.2 Å². The number of benzene rings is 1. The van der Waals surface area contributed by atoms with Crippen LogP contribution in [0.3, 0.4) is 0 Å². The zero-order valence-corrected chi connectivity index (χ0v) is 13.6. The molecule has 22 heavy (non-hydrogen) atoms. The van der Waals surface area contributed by atoms with E-state index < -0.39 is 12.6 Å². The summed E-state index contributed by atoms with van der Waals surface area (Å²) in [5.74, 6) is 0. The zero-order chi connectivity index (χ0) is 16.2. The minimum atomic E-state index is -4.15. The van der Waals surface area contributed by atoms with Crippen LogP contribution >= 0.6 is 23.2 Å². The Balaban J connectivity index is 2.10. The molecule has 0 unspecified atom stereocenters. The molecule has 1 aromatic rings. The first-order chi connectivity index (χ1) is 10.4. The second-order valence-electron chi connectivity index (χ2n) is 5.53. The summed E-state index contributed by atoms with van der Waals surface area (Å²) in [6.07, 6.45) is -3.27. The number of alkyl halides is 3. The van der Waals surface area contributed by atoms with Gasteiger partial charge in [-0.3, -0.25) is 4.90 Å².